The Morgan fingerprint density at radius 3 is 3.06 bits per heavy atom. The molecule has 0 fully saturated rings. The zero-order chi connectivity index (χ0) is 13.0. The molecule has 1 aliphatic rings. The van der Waals surface area contributed by atoms with Gasteiger partial charge in [0.1, 0.15) is 6.33 Å². The molecule has 5 nitrogen and oxygen atoms in total. The molecule has 1 aromatic rings. The fourth-order valence-electron chi connectivity index (χ4n) is 1.94. The van der Waals surface area contributed by atoms with Gasteiger partial charge in [-0.3, -0.25) is 9.67 Å². The monoisotopic (exact) mass is 267 g/mol. The summed E-state index contributed by atoms with van der Waals surface area (Å²) < 4.78 is 1.73. The van der Waals surface area contributed by atoms with E-state index >= 15 is 0 Å². The number of aliphatic imine (C=N–C) groups is 1. The molecule has 0 aromatic carbocycles. The summed E-state index contributed by atoms with van der Waals surface area (Å²) >= 11 is 1.87. The lowest BCUT2D eigenvalue weighted by atomic mass is 10.1. The predicted octanol–water partition coefficient (Wildman–Crippen LogP) is 1.46. The Balaban J connectivity index is 1.66. The molecule has 6 heteroatoms. The molecule has 0 bridgehead atoms. The third kappa shape index (κ3) is 4.01. The Kier molecular flexibility index (Phi) is 4.63. The topological polar surface area (TPSA) is 55.1 Å². The summed E-state index contributed by atoms with van der Waals surface area (Å²) in [6.45, 7) is 6.33. The van der Waals surface area contributed by atoms with Crippen LogP contribution in [0.15, 0.2) is 11.3 Å². The molecular formula is C12H21N5S. The van der Waals surface area contributed by atoms with Crippen LogP contribution in [0, 0.1) is 5.92 Å². The first-order chi connectivity index (χ1) is 8.63. The van der Waals surface area contributed by atoms with Crippen LogP contribution >= 0.6 is 11.8 Å². The predicted molar refractivity (Wildman–Crippen MR) is 75.8 cm³/mol. The summed E-state index contributed by atoms with van der Waals surface area (Å²) in [5, 5.41) is 9.35. The van der Waals surface area contributed by atoms with Crippen LogP contribution in [-0.4, -0.2) is 38.3 Å². The van der Waals surface area contributed by atoms with Crippen LogP contribution in [0.4, 0.5) is 0 Å². The van der Waals surface area contributed by atoms with Gasteiger partial charge in [0.15, 0.2) is 11.0 Å². The van der Waals surface area contributed by atoms with Gasteiger partial charge in [0.25, 0.3) is 0 Å². The molecule has 18 heavy (non-hydrogen) atoms. The smallest absolute Gasteiger partial charge is 0.156 e. The normalized spacial score (nSPS) is 19.3. The van der Waals surface area contributed by atoms with E-state index in [4.69, 9.17) is 0 Å². The minimum absolute atomic E-state index is 0.653. The van der Waals surface area contributed by atoms with Gasteiger partial charge in [0, 0.05) is 25.3 Å². The molecule has 1 unspecified atom stereocenters. The van der Waals surface area contributed by atoms with E-state index in [1.54, 1.807) is 11.0 Å². The maximum absolute atomic E-state index is 4.53. The Labute approximate surface area is 112 Å². The highest BCUT2D eigenvalue weighted by Gasteiger charge is 2.20. The largest absolute Gasteiger partial charge is 0.364 e. The van der Waals surface area contributed by atoms with Gasteiger partial charge in [0.05, 0.1) is 6.54 Å². The van der Waals surface area contributed by atoms with Crippen molar-refractivity contribution >= 4 is 16.9 Å². The summed E-state index contributed by atoms with van der Waals surface area (Å²) in [6, 6.07) is 0. The van der Waals surface area contributed by atoms with Crippen molar-refractivity contribution < 1.29 is 0 Å². The molecule has 1 N–H and O–H groups in total. The molecule has 0 amide bonds. The van der Waals surface area contributed by atoms with Crippen molar-refractivity contribution in [3.63, 3.8) is 0 Å². The minimum atomic E-state index is 0.653. The van der Waals surface area contributed by atoms with Crippen LogP contribution in [0.5, 0.6) is 0 Å². The number of thioether (sulfide) groups is 1. The highest BCUT2D eigenvalue weighted by Crippen LogP contribution is 2.25. The first-order valence-electron chi connectivity index (χ1n) is 6.43. The van der Waals surface area contributed by atoms with Gasteiger partial charge in [-0.05, 0) is 12.3 Å². The van der Waals surface area contributed by atoms with E-state index in [9.17, 15) is 0 Å². The van der Waals surface area contributed by atoms with Crippen LogP contribution < -0.4 is 5.32 Å². The summed E-state index contributed by atoms with van der Waals surface area (Å²) in [5.74, 6) is 1.63. The lowest BCUT2D eigenvalue weighted by Crippen LogP contribution is -2.22. The number of aromatic nitrogens is 3. The molecular weight excluding hydrogens is 246 g/mol. The number of hydrogen-bond acceptors (Lipinski definition) is 5. The van der Waals surface area contributed by atoms with E-state index in [1.807, 2.05) is 18.8 Å². The van der Waals surface area contributed by atoms with Crippen molar-refractivity contribution in [2.75, 3.05) is 13.1 Å². The van der Waals surface area contributed by atoms with Crippen molar-refractivity contribution in [2.45, 2.75) is 31.9 Å². The van der Waals surface area contributed by atoms with Crippen LogP contribution in [0.1, 0.15) is 26.1 Å². The lowest BCUT2D eigenvalue weighted by Gasteiger charge is -2.10. The third-order valence-electron chi connectivity index (χ3n) is 2.72. The summed E-state index contributed by atoms with van der Waals surface area (Å²) in [6.07, 6.45) is 3.81. The van der Waals surface area contributed by atoms with Crippen molar-refractivity contribution in [3.8, 4) is 0 Å². The van der Waals surface area contributed by atoms with E-state index in [1.165, 1.54) is 6.42 Å². The third-order valence-corrected chi connectivity index (χ3v) is 3.89. The van der Waals surface area contributed by atoms with Crippen molar-refractivity contribution in [1.29, 1.82) is 0 Å². The van der Waals surface area contributed by atoms with Crippen molar-refractivity contribution in [2.24, 2.45) is 18.0 Å². The molecule has 1 aromatic heterocycles. The molecule has 0 radical (unpaired) electrons. The van der Waals surface area contributed by atoms with E-state index in [0.29, 0.717) is 5.25 Å². The lowest BCUT2D eigenvalue weighted by molar-refractivity contribution is 0.575. The van der Waals surface area contributed by atoms with Crippen molar-refractivity contribution in [3.05, 3.63) is 12.2 Å². The van der Waals surface area contributed by atoms with Gasteiger partial charge in [0.2, 0.25) is 0 Å². The molecule has 1 atom stereocenters. The van der Waals surface area contributed by atoms with Crippen LogP contribution in [0.25, 0.3) is 0 Å². The zero-order valence-electron chi connectivity index (χ0n) is 11.3. The number of amidine groups is 1. The Morgan fingerprint density at radius 2 is 2.39 bits per heavy atom. The Bertz CT molecular complexity index is 412. The summed E-state index contributed by atoms with van der Waals surface area (Å²) in [7, 11) is 1.89. The van der Waals surface area contributed by atoms with Crippen LogP contribution in [0.2, 0.25) is 0 Å². The Hall–Kier alpha value is -1.04. The van der Waals surface area contributed by atoms with Gasteiger partial charge in [-0.1, -0.05) is 25.6 Å². The second-order valence-corrected chi connectivity index (χ2v) is 6.32. The maximum atomic E-state index is 4.53. The van der Waals surface area contributed by atoms with Gasteiger partial charge in [-0.2, -0.15) is 5.10 Å². The van der Waals surface area contributed by atoms with E-state index in [0.717, 1.165) is 36.4 Å². The molecule has 0 saturated carbocycles. The molecule has 100 valence electrons. The quantitative estimate of drug-likeness (QED) is 0.877. The van der Waals surface area contributed by atoms with E-state index in [2.05, 4.69) is 34.2 Å². The summed E-state index contributed by atoms with van der Waals surface area (Å²) in [5.41, 5.74) is 0. The standard InChI is InChI=1S/C12H21N5S/c1-9(2)6-10-7-14-12(18-10)13-5-4-11-15-8-17(3)16-11/h8-10H,4-7H2,1-3H3,(H,13,14). The fourth-order valence-corrected chi connectivity index (χ4v) is 3.22. The number of rotatable bonds is 5. The van der Waals surface area contributed by atoms with E-state index in [-0.39, 0.29) is 0 Å². The number of hydrogen-bond donors (Lipinski definition) is 1. The second kappa shape index (κ2) is 6.22. The van der Waals surface area contributed by atoms with E-state index < -0.39 is 0 Å². The number of nitrogens with one attached hydrogen (secondary N) is 1. The molecule has 0 spiro atoms. The Morgan fingerprint density at radius 1 is 1.56 bits per heavy atom. The minimum Gasteiger partial charge on any atom is -0.364 e. The number of aryl methyl sites for hydroxylation is 1. The zero-order valence-corrected chi connectivity index (χ0v) is 12.1. The SMILES string of the molecule is CC(C)CC1CN=C(NCCc2ncn(C)n2)S1. The average Bonchev–Trinajstić information content (AvgIpc) is 2.88. The fraction of sp³-hybridized carbons (Fsp3) is 0.750. The first kappa shape index (κ1) is 13.4. The second-order valence-electron chi connectivity index (χ2n) is 5.03. The molecule has 0 saturated heterocycles. The maximum Gasteiger partial charge on any atom is 0.156 e. The first-order valence-corrected chi connectivity index (χ1v) is 7.31. The highest BCUT2D eigenvalue weighted by molar-refractivity contribution is 8.14. The van der Waals surface area contributed by atoms with Gasteiger partial charge in [-0.25, -0.2) is 4.98 Å². The van der Waals surface area contributed by atoms with Gasteiger partial charge >= 0.3 is 0 Å². The van der Waals surface area contributed by atoms with Gasteiger partial charge in [-0.15, -0.1) is 0 Å². The average molecular weight is 267 g/mol. The number of nitrogens with zero attached hydrogens (tertiary/aromatic N) is 4. The van der Waals surface area contributed by atoms with Crippen LogP contribution in [0.3, 0.4) is 0 Å². The van der Waals surface area contributed by atoms with Crippen LogP contribution in [-0.2, 0) is 13.5 Å². The highest BCUT2D eigenvalue weighted by atomic mass is 32.2. The molecule has 0 aliphatic carbocycles. The summed E-state index contributed by atoms with van der Waals surface area (Å²) in [4.78, 5) is 8.73. The van der Waals surface area contributed by atoms with Gasteiger partial charge < -0.3 is 5.32 Å². The van der Waals surface area contributed by atoms with Crippen molar-refractivity contribution in [1.82, 2.24) is 20.1 Å². The molecule has 2 heterocycles. The molecule has 2 rings (SSSR count). The molecule has 1 aliphatic heterocycles.